The Morgan fingerprint density at radius 3 is 1.83 bits per heavy atom. The maximum absolute atomic E-state index is 11.3. The van der Waals surface area contributed by atoms with E-state index in [-0.39, 0.29) is 30.3 Å². The molecular formula is C13H15N5O6. The van der Waals surface area contributed by atoms with Crippen molar-refractivity contribution < 1.29 is 19.4 Å². The fourth-order valence-electron chi connectivity index (χ4n) is 2.74. The summed E-state index contributed by atoms with van der Waals surface area (Å²) in [5.74, 6) is -1.84. The molecule has 11 heteroatoms. The van der Waals surface area contributed by atoms with Crippen LogP contribution in [0.1, 0.15) is 23.2 Å². The summed E-state index contributed by atoms with van der Waals surface area (Å²) >= 11 is 0. The first-order valence-corrected chi connectivity index (χ1v) is 7.03. The van der Waals surface area contributed by atoms with Gasteiger partial charge in [-0.1, -0.05) is 0 Å². The zero-order chi connectivity index (χ0) is 18.0. The van der Waals surface area contributed by atoms with Gasteiger partial charge in [0.15, 0.2) is 5.69 Å². The van der Waals surface area contributed by atoms with Gasteiger partial charge in [0.05, 0.1) is 15.4 Å². The van der Waals surface area contributed by atoms with Gasteiger partial charge in [-0.25, -0.2) is 0 Å². The van der Waals surface area contributed by atoms with Crippen molar-refractivity contribution in [2.24, 2.45) is 17.4 Å². The molecule has 1 aliphatic heterocycles. The minimum atomic E-state index is -1.000. The van der Waals surface area contributed by atoms with Crippen molar-refractivity contribution in [3.63, 3.8) is 0 Å². The van der Waals surface area contributed by atoms with Gasteiger partial charge in [0.25, 0.3) is 11.4 Å². The molecule has 1 aliphatic rings. The molecule has 1 aromatic rings. The molecule has 1 heterocycles. The third kappa shape index (κ3) is 3.24. The number of benzene rings is 1. The molecule has 128 valence electrons. The first-order valence-electron chi connectivity index (χ1n) is 7.03. The van der Waals surface area contributed by atoms with Crippen LogP contribution in [0.5, 0.6) is 0 Å². The summed E-state index contributed by atoms with van der Waals surface area (Å²) in [5.41, 5.74) is 8.66. The topological polar surface area (TPSA) is 176 Å². The van der Waals surface area contributed by atoms with E-state index in [9.17, 15) is 29.8 Å². The van der Waals surface area contributed by atoms with Crippen molar-refractivity contribution in [1.29, 1.82) is 0 Å². The number of hydrogen-bond donors (Lipinski definition) is 2. The van der Waals surface area contributed by atoms with Crippen molar-refractivity contribution in [3.05, 3.63) is 37.9 Å². The second kappa shape index (κ2) is 6.48. The molecule has 0 radical (unpaired) electrons. The van der Waals surface area contributed by atoms with Gasteiger partial charge in [-0.3, -0.25) is 29.8 Å². The fourth-order valence-corrected chi connectivity index (χ4v) is 2.74. The van der Waals surface area contributed by atoms with Crippen LogP contribution in [-0.4, -0.2) is 34.8 Å². The zero-order valence-electron chi connectivity index (χ0n) is 12.5. The number of anilines is 1. The Balaban J connectivity index is 2.51. The molecule has 0 aromatic heterocycles. The highest BCUT2D eigenvalue weighted by molar-refractivity contribution is 5.96. The second-order valence-electron chi connectivity index (χ2n) is 5.41. The van der Waals surface area contributed by atoms with Crippen LogP contribution in [0.15, 0.2) is 12.1 Å². The Morgan fingerprint density at radius 2 is 1.50 bits per heavy atom. The first-order chi connectivity index (χ1) is 11.2. The zero-order valence-corrected chi connectivity index (χ0v) is 12.5. The number of nitrogens with zero attached hydrogens (tertiary/aromatic N) is 3. The molecule has 24 heavy (non-hydrogen) atoms. The van der Waals surface area contributed by atoms with E-state index in [0.29, 0.717) is 12.8 Å². The minimum absolute atomic E-state index is 0.196. The molecule has 4 N–H and O–H groups in total. The summed E-state index contributed by atoms with van der Waals surface area (Å²) in [6, 6.07) is 1.84. The Hall–Kier alpha value is -3.24. The SMILES string of the molecule is NC(=O)c1cc([N+](=O)[O-])c(N2CCC(C(N)=O)CC2)c([N+](=O)[O-])c1. The highest BCUT2D eigenvalue weighted by atomic mass is 16.6. The van der Waals surface area contributed by atoms with E-state index in [1.165, 1.54) is 4.90 Å². The molecule has 2 amide bonds. The minimum Gasteiger partial charge on any atom is -0.369 e. The summed E-state index contributed by atoms with van der Waals surface area (Å²) in [5, 5.41) is 22.6. The molecule has 1 aromatic carbocycles. The molecule has 0 spiro atoms. The van der Waals surface area contributed by atoms with Crippen molar-refractivity contribution in [3.8, 4) is 0 Å². The molecule has 1 saturated heterocycles. The number of nitro benzene ring substituents is 2. The van der Waals surface area contributed by atoms with Gasteiger partial charge in [0, 0.05) is 31.1 Å². The third-order valence-electron chi connectivity index (χ3n) is 3.96. The maximum Gasteiger partial charge on any atom is 0.300 e. The molecule has 0 aliphatic carbocycles. The molecule has 0 bridgehead atoms. The van der Waals surface area contributed by atoms with Gasteiger partial charge in [-0.15, -0.1) is 0 Å². The number of rotatable bonds is 5. The van der Waals surface area contributed by atoms with Crippen LogP contribution in [0.3, 0.4) is 0 Å². The number of piperidine rings is 1. The number of hydrogen-bond acceptors (Lipinski definition) is 7. The van der Waals surface area contributed by atoms with E-state index < -0.39 is 33.0 Å². The van der Waals surface area contributed by atoms with Gasteiger partial charge in [0.2, 0.25) is 11.8 Å². The van der Waals surface area contributed by atoms with Gasteiger partial charge >= 0.3 is 0 Å². The second-order valence-corrected chi connectivity index (χ2v) is 5.41. The first kappa shape index (κ1) is 17.1. The number of amides is 2. The van der Waals surface area contributed by atoms with Crippen LogP contribution < -0.4 is 16.4 Å². The summed E-state index contributed by atoms with van der Waals surface area (Å²) < 4.78 is 0. The lowest BCUT2D eigenvalue weighted by Gasteiger charge is -2.31. The van der Waals surface area contributed by atoms with E-state index in [1.54, 1.807) is 0 Å². The van der Waals surface area contributed by atoms with Crippen molar-refractivity contribution in [1.82, 2.24) is 0 Å². The molecule has 0 atom stereocenters. The summed E-state index contributed by atoms with van der Waals surface area (Å²) in [7, 11) is 0. The molecule has 0 saturated carbocycles. The fraction of sp³-hybridized carbons (Fsp3) is 0.385. The maximum atomic E-state index is 11.3. The average Bonchev–Trinajstić information content (AvgIpc) is 2.53. The van der Waals surface area contributed by atoms with Gasteiger partial charge in [0.1, 0.15) is 0 Å². The monoisotopic (exact) mass is 337 g/mol. The van der Waals surface area contributed by atoms with Crippen LogP contribution in [-0.2, 0) is 4.79 Å². The van der Waals surface area contributed by atoms with Crippen LogP contribution in [0.2, 0.25) is 0 Å². The lowest BCUT2D eigenvalue weighted by molar-refractivity contribution is -0.392. The Bertz CT molecular complexity index is 691. The summed E-state index contributed by atoms with van der Waals surface area (Å²) in [4.78, 5) is 45.0. The van der Waals surface area contributed by atoms with Gasteiger partial charge in [-0.2, -0.15) is 0 Å². The molecule has 1 fully saturated rings. The number of nitro groups is 2. The quantitative estimate of drug-likeness (QED) is 0.573. The Kier molecular flexibility index (Phi) is 4.62. The molecule has 11 nitrogen and oxygen atoms in total. The van der Waals surface area contributed by atoms with Crippen molar-refractivity contribution in [2.75, 3.05) is 18.0 Å². The van der Waals surface area contributed by atoms with Crippen LogP contribution in [0.4, 0.5) is 17.1 Å². The van der Waals surface area contributed by atoms with Gasteiger partial charge in [-0.05, 0) is 12.8 Å². The standard InChI is InChI=1S/C13H15N5O6/c14-12(19)7-1-3-16(4-2-7)11-9(17(21)22)5-8(13(15)20)6-10(11)18(23)24/h5-7H,1-4H2,(H2,14,19)(H2,15,20). The third-order valence-corrected chi connectivity index (χ3v) is 3.96. The van der Waals surface area contributed by atoms with Crippen LogP contribution >= 0.6 is 0 Å². The van der Waals surface area contributed by atoms with Crippen molar-refractivity contribution >= 4 is 28.9 Å². The molecule has 0 unspecified atom stereocenters. The average molecular weight is 337 g/mol. The largest absolute Gasteiger partial charge is 0.369 e. The van der Waals surface area contributed by atoms with Gasteiger partial charge < -0.3 is 16.4 Å². The normalized spacial score (nSPS) is 15.1. The van der Waals surface area contributed by atoms with E-state index in [4.69, 9.17) is 11.5 Å². The highest BCUT2D eigenvalue weighted by Crippen LogP contribution is 2.40. The number of primary amides is 2. The predicted octanol–water partition coefficient (Wildman–Crippen LogP) is 0.304. The lowest BCUT2D eigenvalue weighted by atomic mass is 9.95. The van der Waals surface area contributed by atoms with E-state index in [0.717, 1.165) is 12.1 Å². The van der Waals surface area contributed by atoms with E-state index in [1.807, 2.05) is 0 Å². The predicted molar refractivity (Wildman–Crippen MR) is 82.4 cm³/mol. The van der Waals surface area contributed by atoms with E-state index in [2.05, 4.69) is 0 Å². The molecular weight excluding hydrogens is 322 g/mol. The van der Waals surface area contributed by atoms with E-state index >= 15 is 0 Å². The number of carbonyl (C=O) groups excluding carboxylic acids is 2. The Labute approximate surface area is 135 Å². The lowest BCUT2D eigenvalue weighted by Crippen LogP contribution is -2.39. The van der Waals surface area contributed by atoms with Crippen LogP contribution in [0.25, 0.3) is 0 Å². The number of carbonyl (C=O) groups is 2. The number of nitrogens with two attached hydrogens (primary N) is 2. The smallest absolute Gasteiger partial charge is 0.300 e. The summed E-state index contributed by atoms with van der Waals surface area (Å²) in [6.07, 6.45) is 0.669. The van der Waals surface area contributed by atoms with Crippen molar-refractivity contribution in [2.45, 2.75) is 12.8 Å². The Morgan fingerprint density at radius 1 is 1.04 bits per heavy atom. The summed E-state index contributed by atoms with van der Waals surface area (Å²) in [6.45, 7) is 0.399. The highest BCUT2D eigenvalue weighted by Gasteiger charge is 2.34. The van der Waals surface area contributed by atoms with Crippen LogP contribution in [0, 0.1) is 26.1 Å². The molecule has 2 rings (SSSR count).